The summed E-state index contributed by atoms with van der Waals surface area (Å²) >= 11 is 0. The molecule has 2 aromatic carbocycles. The van der Waals surface area contributed by atoms with Gasteiger partial charge in [0.15, 0.2) is 0 Å². The number of benzene rings is 2. The molecule has 2 aromatic rings. The molecule has 3 nitrogen and oxygen atoms in total. The van der Waals surface area contributed by atoms with Crippen molar-refractivity contribution in [2.75, 3.05) is 30.1 Å². The average molecular weight is 307 g/mol. The van der Waals surface area contributed by atoms with Gasteiger partial charge in [-0.25, -0.2) is 0 Å². The van der Waals surface area contributed by atoms with Crippen LogP contribution in [0.5, 0.6) is 0 Å². The van der Waals surface area contributed by atoms with Crippen molar-refractivity contribution in [2.24, 2.45) is 0 Å². The van der Waals surface area contributed by atoms with Crippen molar-refractivity contribution in [1.82, 2.24) is 5.32 Å². The Bertz CT molecular complexity index is 651. The van der Waals surface area contributed by atoms with Gasteiger partial charge in [-0.2, -0.15) is 0 Å². The Balaban J connectivity index is 1.68. The molecule has 120 valence electrons. The van der Waals surface area contributed by atoms with Gasteiger partial charge in [0.2, 0.25) is 0 Å². The van der Waals surface area contributed by atoms with E-state index in [0.717, 1.165) is 25.7 Å². The number of hydrogen-bond acceptors (Lipinski definition) is 3. The molecule has 1 aliphatic heterocycles. The zero-order valence-corrected chi connectivity index (χ0v) is 13.8. The molecule has 0 spiro atoms. The van der Waals surface area contributed by atoms with E-state index in [4.69, 9.17) is 0 Å². The molecule has 0 amide bonds. The molecule has 1 fully saturated rings. The van der Waals surface area contributed by atoms with Crippen molar-refractivity contribution in [3.05, 3.63) is 60.2 Å². The molecular weight excluding hydrogens is 282 g/mol. The number of fused-ring (bicyclic) bond motifs is 1. The molecule has 0 bridgehead atoms. The minimum atomic E-state index is 0.425. The van der Waals surface area contributed by atoms with Crippen molar-refractivity contribution < 1.29 is 0 Å². The molecule has 4 rings (SSSR count). The van der Waals surface area contributed by atoms with Gasteiger partial charge >= 0.3 is 0 Å². The van der Waals surface area contributed by atoms with Crippen molar-refractivity contribution in [1.29, 1.82) is 0 Å². The van der Waals surface area contributed by atoms with E-state index >= 15 is 0 Å². The monoisotopic (exact) mass is 307 g/mol. The van der Waals surface area contributed by atoms with Crippen LogP contribution in [0, 0.1) is 0 Å². The van der Waals surface area contributed by atoms with E-state index in [1.807, 2.05) is 7.05 Å². The predicted molar refractivity (Wildman–Crippen MR) is 97.0 cm³/mol. The number of para-hydroxylation sites is 2. The van der Waals surface area contributed by atoms with Crippen LogP contribution in [0.2, 0.25) is 0 Å². The third-order valence-corrected chi connectivity index (χ3v) is 5.02. The van der Waals surface area contributed by atoms with E-state index < -0.39 is 0 Å². The highest BCUT2D eigenvalue weighted by Crippen LogP contribution is 2.45. The van der Waals surface area contributed by atoms with Gasteiger partial charge in [-0.05, 0) is 50.6 Å². The lowest BCUT2D eigenvalue weighted by Crippen LogP contribution is -2.36. The first-order chi connectivity index (χ1) is 11.4. The van der Waals surface area contributed by atoms with E-state index in [2.05, 4.69) is 69.7 Å². The van der Waals surface area contributed by atoms with Gasteiger partial charge in [0.25, 0.3) is 0 Å². The van der Waals surface area contributed by atoms with Gasteiger partial charge in [0, 0.05) is 6.04 Å². The minimum Gasteiger partial charge on any atom is -0.349 e. The maximum Gasteiger partial charge on any atom is 0.0913 e. The first-order valence-electron chi connectivity index (χ1n) is 8.70. The fraction of sp³-hybridized carbons (Fsp3) is 0.400. The number of nitrogens with one attached hydrogen (secondary N) is 1. The molecule has 0 aromatic heterocycles. The molecule has 1 heterocycles. The third-order valence-electron chi connectivity index (χ3n) is 5.02. The zero-order chi connectivity index (χ0) is 15.6. The first-order valence-corrected chi connectivity index (χ1v) is 8.70. The Morgan fingerprint density at radius 2 is 1.70 bits per heavy atom. The summed E-state index contributed by atoms with van der Waals surface area (Å²) in [5, 5.41) is 3.32. The van der Waals surface area contributed by atoms with Crippen molar-refractivity contribution in [3.8, 4) is 0 Å². The molecule has 23 heavy (non-hydrogen) atoms. The van der Waals surface area contributed by atoms with E-state index in [1.165, 1.54) is 29.8 Å². The summed E-state index contributed by atoms with van der Waals surface area (Å²) in [5.41, 5.74) is 4.22. The largest absolute Gasteiger partial charge is 0.349 e. The normalized spacial score (nSPS) is 18.1. The lowest BCUT2D eigenvalue weighted by Gasteiger charge is -2.31. The van der Waals surface area contributed by atoms with E-state index in [9.17, 15) is 0 Å². The molecule has 1 N–H and O–H groups in total. The number of anilines is 2. The lowest BCUT2D eigenvalue weighted by molar-refractivity contribution is 0.561. The summed E-state index contributed by atoms with van der Waals surface area (Å²) in [7, 11) is 2.04. The molecule has 0 unspecified atom stereocenters. The Morgan fingerprint density at radius 1 is 1.00 bits per heavy atom. The fourth-order valence-corrected chi connectivity index (χ4v) is 3.69. The van der Waals surface area contributed by atoms with E-state index in [-0.39, 0.29) is 0 Å². The molecular formula is C20H25N3. The lowest BCUT2D eigenvalue weighted by atomic mass is 10.0. The van der Waals surface area contributed by atoms with Crippen molar-refractivity contribution in [2.45, 2.75) is 31.3 Å². The molecule has 0 radical (unpaired) electrons. The summed E-state index contributed by atoms with van der Waals surface area (Å²) < 4.78 is 0. The van der Waals surface area contributed by atoms with Crippen LogP contribution in [0.1, 0.15) is 30.9 Å². The third kappa shape index (κ3) is 2.81. The van der Waals surface area contributed by atoms with Crippen LogP contribution >= 0.6 is 0 Å². The topological polar surface area (TPSA) is 18.5 Å². The molecule has 0 saturated heterocycles. The fourth-order valence-electron chi connectivity index (χ4n) is 3.69. The second-order valence-corrected chi connectivity index (χ2v) is 6.62. The van der Waals surface area contributed by atoms with Crippen LogP contribution in [0.15, 0.2) is 54.6 Å². The molecule has 2 aliphatic rings. The van der Waals surface area contributed by atoms with E-state index in [0.29, 0.717) is 6.04 Å². The van der Waals surface area contributed by atoms with Gasteiger partial charge in [-0.3, -0.25) is 0 Å². The Kier molecular flexibility index (Phi) is 3.96. The highest BCUT2D eigenvalue weighted by Gasteiger charge is 2.38. The van der Waals surface area contributed by atoms with Gasteiger partial charge in [-0.15, -0.1) is 0 Å². The maximum atomic E-state index is 3.32. The standard InChI is InChI=1S/C20H25N3/c1-21-14-13-18(16-7-3-2-4-8-16)23-15-22(17-11-12-17)19-9-5-6-10-20(19)23/h2-10,17-18,21H,11-15H2,1H3/t18-/m1/s1. The number of rotatable bonds is 6. The smallest absolute Gasteiger partial charge is 0.0913 e. The van der Waals surface area contributed by atoms with Crippen LogP contribution in [0.3, 0.4) is 0 Å². The molecule has 3 heteroatoms. The van der Waals surface area contributed by atoms with Crippen molar-refractivity contribution >= 4 is 11.4 Å². The maximum absolute atomic E-state index is 3.32. The summed E-state index contributed by atoms with van der Waals surface area (Å²) in [5.74, 6) is 0. The zero-order valence-electron chi connectivity index (χ0n) is 13.8. The molecule has 1 atom stereocenters. The van der Waals surface area contributed by atoms with E-state index in [1.54, 1.807) is 0 Å². The minimum absolute atomic E-state index is 0.425. The van der Waals surface area contributed by atoms with Gasteiger partial charge in [-0.1, -0.05) is 42.5 Å². The van der Waals surface area contributed by atoms with Crippen LogP contribution < -0.4 is 15.1 Å². The second-order valence-electron chi connectivity index (χ2n) is 6.62. The SMILES string of the molecule is CNCC[C@H](c1ccccc1)N1CN(C2CC2)c2ccccc21. The van der Waals surface area contributed by atoms with Crippen molar-refractivity contribution in [3.63, 3.8) is 0 Å². The number of nitrogens with zero attached hydrogens (tertiary/aromatic N) is 2. The van der Waals surface area contributed by atoms with Gasteiger partial charge in [0.1, 0.15) is 0 Å². The summed E-state index contributed by atoms with van der Waals surface area (Å²) in [6.45, 7) is 2.05. The highest BCUT2D eigenvalue weighted by atomic mass is 15.4. The highest BCUT2D eigenvalue weighted by molar-refractivity contribution is 5.77. The Morgan fingerprint density at radius 3 is 2.39 bits per heavy atom. The first kappa shape index (κ1) is 14.6. The molecule has 1 saturated carbocycles. The molecule has 1 aliphatic carbocycles. The summed E-state index contributed by atoms with van der Waals surface area (Å²) in [6, 6.07) is 21.0. The second kappa shape index (κ2) is 6.25. The summed E-state index contributed by atoms with van der Waals surface area (Å²) in [4.78, 5) is 5.20. The van der Waals surface area contributed by atoms with Crippen LogP contribution in [0.25, 0.3) is 0 Å². The van der Waals surface area contributed by atoms with Crippen LogP contribution in [-0.4, -0.2) is 26.3 Å². The quantitative estimate of drug-likeness (QED) is 0.876. The van der Waals surface area contributed by atoms with Crippen LogP contribution in [-0.2, 0) is 0 Å². The van der Waals surface area contributed by atoms with Gasteiger partial charge in [0.05, 0.1) is 24.1 Å². The summed E-state index contributed by atoms with van der Waals surface area (Å²) in [6.07, 6.45) is 3.80. The Labute approximate surface area is 138 Å². The Hall–Kier alpha value is -2.00. The van der Waals surface area contributed by atoms with Gasteiger partial charge < -0.3 is 15.1 Å². The predicted octanol–water partition coefficient (Wildman–Crippen LogP) is 3.78. The van der Waals surface area contributed by atoms with Crippen LogP contribution in [0.4, 0.5) is 11.4 Å². The number of hydrogen-bond donors (Lipinski definition) is 1. The average Bonchev–Trinajstić information content (AvgIpc) is 3.38.